The largest absolute Gasteiger partial charge is 0.390 e. The molecule has 2 unspecified atom stereocenters. The minimum absolute atomic E-state index is 0.257. The molecule has 0 spiro atoms. The van der Waals surface area contributed by atoms with Crippen molar-refractivity contribution >= 4 is 5.91 Å². The van der Waals surface area contributed by atoms with Crippen LogP contribution in [0.15, 0.2) is 55.2 Å². The molecule has 0 fully saturated rings. The molecule has 1 aliphatic carbocycles. The van der Waals surface area contributed by atoms with Crippen molar-refractivity contribution in [3.63, 3.8) is 0 Å². The van der Waals surface area contributed by atoms with Gasteiger partial charge < -0.3 is 10.4 Å². The van der Waals surface area contributed by atoms with Crippen molar-refractivity contribution in [2.24, 2.45) is 0 Å². The second-order valence-corrected chi connectivity index (χ2v) is 5.69. The van der Waals surface area contributed by atoms with Crippen LogP contribution in [0, 0.1) is 0 Å². The van der Waals surface area contributed by atoms with E-state index in [0.717, 1.165) is 11.1 Å². The molecule has 1 aliphatic rings. The van der Waals surface area contributed by atoms with Crippen LogP contribution < -0.4 is 5.32 Å². The molecule has 0 radical (unpaired) electrons. The van der Waals surface area contributed by atoms with E-state index < -0.39 is 12.1 Å². The third-order valence-corrected chi connectivity index (χ3v) is 4.18. The number of aromatic nitrogens is 4. The maximum absolute atomic E-state index is 12.6. The SMILES string of the molecule is O=C(NC1c2ccccc2CC1O)c1ccnc(-n2cnnc2)c1. The maximum atomic E-state index is 12.6. The first-order valence-corrected chi connectivity index (χ1v) is 7.60. The van der Waals surface area contributed by atoms with Gasteiger partial charge in [-0.25, -0.2) is 4.98 Å². The Balaban J connectivity index is 1.58. The third kappa shape index (κ3) is 2.55. The maximum Gasteiger partial charge on any atom is 0.252 e. The minimum atomic E-state index is -0.620. The average molecular weight is 321 g/mol. The Kier molecular flexibility index (Phi) is 3.55. The quantitative estimate of drug-likeness (QED) is 0.752. The van der Waals surface area contributed by atoms with Crippen LogP contribution in [-0.2, 0) is 6.42 Å². The zero-order chi connectivity index (χ0) is 16.5. The standard InChI is InChI=1S/C17H15N5O2/c23-14-7-11-3-1-2-4-13(11)16(14)21-17(24)12-5-6-18-15(8-12)22-9-19-20-10-22/h1-6,8-10,14,16,23H,7H2,(H,21,24). The predicted molar refractivity (Wildman–Crippen MR) is 85.5 cm³/mol. The number of aliphatic hydroxyl groups is 1. The number of benzene rings is 1. The summed E-state index contributed by atoms with van der Waals surface area (Å²) in [5.74, 6) is 0.299. The summed E-state index contributed by atoms with van der Waals surface area (Å²) in [6.07, 6.45) is 4.51. The zero-order valence-corrected chi connectivity index (χ0v) is 12.7. The smallest absolute Gasteiger partial charge is 0.252 e. The Morgan fingerprint density at radius 3 is 2.83 bits per heavy atom. The number of hydrogen-bond donors (Lipinski definition) is 2. The van der Waals surface area contributed by atoms with Gasteiger partial charge in [-0.2, -0.15) is 0 Å². The highest BCUT2D eigenvalue weighted by atomic mass is 16.3. The predicted octanol–water partition coefficient (Wildman–Crippen LogP) is 1.05. The summed E-state index contributed by atoms with van der Waals surface area (Å²) >= 11 is 0. The topological polar surface area (TPSA) is 92.9 Å². The molecule has 0 bridgehead atoms. The number of rotatable bonds is 3. The molecule has 2 heterocycles. The first-order chi connectivity index (χ1) is 11.7. The van der Waals surface area contributed by atoms with Crippen LogP contribution in [0.4, 0.5) is 0 Å². The Bertz CT molecular complexity index is 878. The second kappa shape index (κ2) is 5.86. The highest BCUT2D eigenvalue weighted by Gasteiger charge is 2.32. The summed E-state index contributed by atoms with van der Waals surface area (Å²) < 4.78 is 1.62. The van der Waals surface area contributed by atoms with Crippen molar-refractivity contribution in [3.8, 4) is 5.82 Å². The Morgan fingerprint density at radius 2 is 2.00 bits per heavy atom. The first-order valence-electron chi connectivity index (χ1n) is 7.60. The molecule has 120 valence electrons. The molecule has 1 amide bonds. The highest BCUT2D eigenvalue weighted by molar-refractivity contribution is 5.94. The van der Waals surface area contributed by atoms with Crippen LogP contribution in [0.25, 0.3) is 5.82 Å². The lowest BCUT2D eigenvalue weighted by molar-refractivity contribution is 0.0858. The number of aliphatic hydroxyl groups excluding tert-OH is 1. The molecule has 24 heavy (non-hydrogen) atoms. The number of nitrogens with zero attached hydrogens (tertiary/aromatic N) is 4. The summed E-state index contributed by atoms with van der Waals surface area (Å²) in [7, 11) is 0. The summed E-state index contributed by atoms with van der Waals surface area (Å²) in [5, 5.41) is 20.6. The lowest BCUT2D eigenvalue weighted by Gasteiger charge is -2.18. The molecule has 0 aliphatic heterocycles. The Hall–Kier alpha value is -3.06. The van der Waals surface area contributed by atoms with Gasteiger partial charge in [-0.05, 0) is 23.3 Å². The zero-order valence-electron chi connectivity index (χ0n) is 12.7. The van der Waals surface area contributed by atoms with Gasteiger partial charge in [0.15, 0.2) is 0 Å². The van der Waals surface area contributed by atoms with Gasteiger partial charge in [0.25, 0.3) is 5.91 Å². The molecule has 2 atom stereocenters. The van der Waals surface area contributed by atoms with Gasteiger partial charge in [0.2, 0.25) is 0 Å². The first kappa shape index (κ1) is 14.5. The summed E-state index contributed by atoms with van der Waals surface area (Å²) in [6.45, 7) is 0. The number of amides is 1. The molecule has 0 saturated heterocycles. The van der Waals surface area contributed by atoms with E-state index >= 15 is 0 Å². The lowest BCUT2D eigenvalue weighted by Crippen LogP contribution is -2.33. The van der Waals surface area contributed by atoms with Gasteiger partial charge in [0, 0.05) is 18.2 Å². The van der Waals surface area contributed by atoms with Gasteiger partial charge >= 0.3 is 0 Å². The molecular weight excluding hydrogens is 306 g/mol. The van der Waals surface area contributed by atoms with E-state index in [9.17, 15) is 9.90 Å². The van der Waals surface area contributed by atoms with Crippen LogP contribution >= 0.6 is 0 Å². The van der Waals surface area contributed by atoms with E-state index in [2.05, 4.69) is 20.5 Å². The fourth-order valence-electron chi connectivity index (χ4n) is 2.99. The van der Waals surface area contributed by atoms with Crippen molar-refractivity contribution in [2.45, 2.75) is 18.6 Å². The van der Waals surface area contributed by atoms with Crippen molar-refractivity contribution in [3.05, 3.63) is 71.9 Å². The van der Waals surface area contributed by atoms with Crippen molar-refractivity contribution < 1.29 is 9.90 Å². The molecule has 7 heteroatoms. The number of carbonyl (C=O) groups is 1. The van der Waals surface area contributed by atoms with Crippen LogP contribution in [0.3, 0.4) is 0 Å². The fourth-order valence-corrected chi connectivity index (χ4v) is 2.99. The van der Waals surface area contributed by atoms with Crippen LogP contribution in [0.1, 0.15) is 27.5 Å². The van der Waals surface area contributed by atoms with Crippen LogP contribution in [0.2, 0.25) is 0 Å². The normalized spacial score (nSPS) is 19.0. The van der Waals surface area contributed by atoms with E-state index in [-0.39, 0.29) is 5.91 Å². The summed E-state index contributed by atoms with van der Waals surface area (Å²) in [4.78, 5) is 16.8. The number of pyridine rings is 1. The molecule has 2 aromatic heterocycles. The van der Waals surface area contributed by atoms with Gasteiger partial charge in [-0.15, -0.1) is 10.2 Å². The minimum Gasteiger partial charge on any atom is -0.390 e. The summed E-state index contributed by atoms with van der Waals surface area (Å²) in [6, 6.07) is 10.6. The second-order valence-electron chi connectivity index (χ2n) is 5.69. The number of nitrogens with one attached hydrogen (secondary N) is 1. The molecule has 3 aromatic rings. The van der Waals surface area contributed by atoms with E-state index in [4.69, 9.17) is 0 Å². The number of carbonyl (C=O) groups excluding carboxylic acids is 1. The Labute approximate surface area is 138 Å². The monoisotopic (exact) mass is 321 g/mol. The van der Waals surface area contributed by atoms with E-state index in [0.29, 0.717) is 17.8 Å². The molecule has 2 N–H and O–H groups in total. The molecule has 7 nitrogen and oxygen atoms in total. The van der Waals surface area contributed by atoms with E-state index in [1.165, 1.54) is 12.7 Å². The third-order valence-electron chi connectivity index (χ3n) is 4.18. The van der Waals surface area contributed by atoms with Crippen molar-refractivity contribution in [2.75, 3.05) is 0 Å². The number of fused-ring (bicyclic) bond motifs is 1. The highest BCUT2D eigenvalue weighted by Crippen LogP contribution is 2.31. The Morgan fingerprint density at radius 1 is 1.21 bits per heavy atom. The van der Waals surface area contributed by atoms with Crippen molar-refractivity contribution in [1.82, 2.24) is 25.1 Å². The van der Waals surface area contributed by atoms with Gasteiger partial charge in [0.05, 0.1) is 12.1 Å². The fraction of sp³-hybridized carbons (Fsp3) is 0.176. The molecule has 0 saturated carbocycles. The molecule has 4 rings (SSSR count). The average Bonchev–Trinajstić information content (AvgIpc) is 3.24. The summed E-state index contributed by atoms with van der Waals surface area (Å²) in [5.41, 5.74) is 2.49. The van der Waals surface area contributed by atoms with E-state index in [1.807, 2.05) is 24.3 Å². The van der Waals surface area contributed by atoms with Gasteiger partial charge in [0.1, 0.15) is 18.5 Å². The molecular formula is C17H15N5O2. The number of hydrogen-bond acceptors (Lipinski definition) is 5. The van der Waals surface area contributed by atoms with Crippen molar-refractivity contribution in [1.29, 1.82) is 0 Å². The lowest BCUT2D eigenvalue weighted by atomic mass is 10.1. The van der Waals surface area contributed by atoms with Crippen LogP contribution in [0.5, 0.6) is 0 Å². The van der Waals surface area contributed by atoms with Gasteiger partial charge in [-0.1, -0.05) is 24.3 Å². The van der Waals surface area contributed by atoms with E-state index in [1.54, 1.807) is 22.9 Å². The molecule has 1 aromatic carbocycles. The van der Waals surface area contributed by atoms with Gasteiger partial charge in [-0.3, -0.25) is 9.36 Å². The van der Waals surface area contributed by atoms with Crippen LogP contribution in [-0.4, -0.2) is 36.9 Å².